The minimum absolute atomic E-state index is 0.155. The summed E-state index contributed by atoms with van der Waals surface area (Å²) >= 11 is 1.32. The van der Waals surface area contributed by atoms with E-state index in [0.29, 0.717) is 41.4 Å². The number of carbonyl (C=O) groups is 1. The third kappa shape index (κ3) is 4.68. The standard InChI is InChI=1S/C24H21N5O3S/c1-16-4-7-19(8-5-16)29-23(17-3-2-10-25-14-17)27-28-24(29)33-15-22(30)26-18-6-9-20-21(13-18)32-12-11-31-20/h2-10,13-14H,11-12,15H2,1H3,(H,26,30). The van der Waals surface area contributed by atoms with Crippen LogP contribution in [0.25, 0.3) is 17.1 Å². The van der Waals surface area contributed by atoms with Crippen LogP contribution in [0.5, 0.6) is 11.5 Å². The Morgan fingerprint density at radius 1 is 1.06 bits per heavy atom. The summed E-state index contributed by atoms with van der Waals surface area (Å²) in [7, 11) is 0. The van der Waals surface area contributed by atoms with E-state index in [2.05, 4.69) is 20.5 Å². The number of anilines is 1. The van der Waals surface area contributed by atoms with Crippen molar-refractivity contribution < 1.29 is 14.3 Å². The number of hydrogen-bond donors (Lipinski definition) is 1. The van der Waals surface area contributed by atoms with Gasteiger partial charge in [-0.25, -0.2) is 0 Å². The number of benzene rings is 2. The highest BCUT2D eigenvalue weighted by molar-refractivity contribution is 7.99. The van der Waals surface area contributed by atoms with Gasteiger partial charge in [-0.05, 0) is 43.3 Å². The number of aromatic nitrogens is 4. The van der Waals surface area contributed by atoms with Gasteiger partial charge in [-0.1, -0.05) is 29.5 Å². The molecule has 1 N–H and O–H groups in total. The molecule has 4 aromatic rings. The van der Waals surface area contributed by atoms with Crippen molar-refractivity contribution >= 4 is 23.4 Å². The van der Waals surface area contributed by atoms with Crippen LogP contribution >= 0.6 is 11.8 Å². The fraction of sp³-hybridized carbons (Fsp3) is 0.167. The third-order valence-electron chi connectivity index (χ3n) is 5.00. The number of carbonyl (C=O) groups excluding carboxylic acids is 1. The second-order valence-corrected chi connectivity index (χ2v) is 8.36. The normalized spacial score (nSPS) is 12.4. The molecule has 0 aliphatic carbocycles. The summed E-state index contributed by atoms with van der Waals surface area (Å²) in [6.07, 6.45) is 3.46. The lowest BCUT2D eigenvalue weighted by atomic mass is 10.2. The van der Waals surface area contributed by atoms with E-state index in [-0.39, 0.29) is 11.7 Å². The minimum Gasteiger partial charge on any atom is -0.486 e. The summed E-state index contributed by atoms with van der Waals surface area (Å²) in [4.78, 5) is 16.9. The van der Waals surface area contributed by atoms with E-state index < -0.39 is 0 Å². The Morgan fingerprint density at radius 2 is 1.88 bits per heavy atom. The summed E-state index contributed by atoms with van der Waals surface area (Å²) in [5.41, 5.74) is 3.57. The predicted molar refractivity (Wildman–Crippen MR) is 126 cm³/mol. The number of rotatable bonds is 6. The lowest BCUT2D eigenvalue weighted by molar-refractivity contribution is -0.113. The summed E-state index contributed by atoms with van der Waals surface area (Å²) in [5, 5.41) is 12.3. The van der Waals surface area contributed by atoms with E-state index in [0.717, 1.165) is 16.8 Å². The molecule has 2 aromatic carbocycles. The van der Waals surface area contributed by atoms with Crippen molar-refractivity contribution in [2.75, 3.05) is 24.3 Å². The Bertz CT molecular complexity index is 1280. The van der Waals surface area contributed by atoms with Crippen molar-refractivity contribution in [3.63, 3.8) is 0 Å². The molecule has 0 radical (unpaired) electrons. The fourth-order valence-corrected chi connectivity index (χ4v) is 4.17. The van der Waals surface area contributed by atoms with Gasteiger partial charge in [0.1, 0.15) is 13.2 Å². The molecule has 9 heteroatoms. The van der Waals surface area contributed by atoms with Crippen molar-refractivity contribution in [2.45, 2.75) is 12.1 Å². The molecule has 0 spiro atoms. The number of fused-ring (bicyclic) bond motifs is 1. The number of amides is 1. The first-order chi connectivity index (χ1) is 16.2. The molecule has 5 rings (SSSR count). The Morgan fingerprint density at radius 3 is 2.67 bits per heavy atom. The van der Waals surface area contributed by atoms with Gasteiger partial charge < -0.3 is 14.8 Å². The number of thioether (sulfide) groups is 1. The van der Waals surface area contributed by atoms with Gasteiger partial charge in [0, 0.05) is 35.4 Å². The van der Waals surface area contributed by atoms with Gasteiger partial charge in [0.05, 0.1) is 5.75 Å². The van der Waals surface area contributed by atoms with Crippen molar-refractivity contribution in [1.29, 1.82) is 0 Å². The molecule has 0 unspecified atom stereocenters. The second-order valence-electron chi connectivity index (χ2n) is 7.41. The molecule has 33 heavy (non-hydrogen) atoms. The third-order valence-corrected chi connectivity index (χ3v) is 5.93. The number of nitrogens with zero attached hydrogens (tertiary/aromatic N) is 4. The van der Waals surface area contributed by atoms with Gasteiger partial charge in [0.15, 0.2) is 22.5 Å². The maximum atomic E-state index is 12.7. The monoisotopic (exact) mass is 459 g/mol. The zero-order valence-corrected chi connectivity index (χ0v) is 18.7. The number of hydrogen-bond acceptors (Lipinski definition) is 7. The highest BCUT2D eigenvalue weighted by Gasteiger charge is 2.18. The van der Waals surface area contributed by atoms with Gasteiger partial charge >= 0.3 is 0 Å². The van der Waals surface area contributed by atoms with Crippen LogP contribution < -0.4 is 14.8 Å². The van der Waals surface area contributed by atoms with E-state index in [1.165, 1.54) is 11.8 Å². The van der Waals surface area contributed by atoms with Gasteiger partial charge in [-0.15, -0.1) is 10.2 Å². The smallest absolute Gasteiger partial charge is 0.234 e. The predicted octanol–water partition coefficient (Wildman–Crippen LogP) is 4.14. The van der Waals surface area contributed by atoms with E-state index >= 15 is 0 Å². The summed E-state index contributed by atoms with van der Waals surface area (Å²) in [6, 6.07) is 17.2. The molecule has 3 heterocycles. The van der Waals surface area contributed by atoms with Crippen molar-refractivity contribution in [2.24, 2.45) is 0 Å². The summed E-state index contributed by atoms with van der Waals surface area (Å²) in [6.45, 7) is 3.06. The number of nitrogens with one attached hydrogen (secondary N) is 1. The molecular formula is C24H21N5O3S. The summed E-state index contributed by atoms with van der Waals surface area (Å²) in [5.74, 6) is 2.00. The number of ether oxygens (including phenoxy) is 2. The van der Waals surface area contributed by atoms with E-state index in [9.17, 15) is 4.79 Å². The van der Waals surface area contributed by atoms with Crippen molar-refractivity contribution in [1.82, 2.24) is 19.7 Å². The lowest BCUT2D eigenvalue weighted by Crippen LogP contribution is -2.17. The topological polar surface area (TPSA) is 91.2 Å². The van der Waals surface area contributed by atoms with Crippen LogP contribution in [0.4, 0.5) is 5.69 Å². The second kappa shape index (κ2) is 9.33. The van der Waals surface area contributed by atoms with Crippen LogP contribution in [0.1, 0.15) is 5.56 Å². The maximum Gasteiger partial charge on any atom is 0.234 e. The van der Waals surface area contributed by atoms with Gasteiger partial charge in [-0.3, -0.25) is 14.3 Å². The molecule has 1 aliphatic rings. The van der Waals surface area contributed by atoms with Gasteiger partial charge in [0.25, 0.3) is 0 Å². The first-order valence-electron chi connectivity index (χ1n) is 10.4. The molecule has 1 amide bonds. The molecule has 0 saturated heterocycles. The zero-order chi connectivity index (χ0) is 22.6. The molecule has 0 fully saturated rings. The van der Waals surface area contributed by atoms with E-state index in [1.807, 2.05) is 47.9 Å². The Hall–Kier alpha value is -3.85. The van der Waals surface area contributed by atoms with E-state index in [1.54, 1.807) is 30.6 Å². The van der Waals surface area contributed by atoms with Crippen molar-refractivity contribution in [3.05, 3.63) is 72.6 Å². The van der Waals surface area contributed by atoms with E-state index in [4.69, 9.17) is 9.47 Å². The SMILES string of the molecule is Cc1ccc(-n2c(SCC(=O)Nc3ccc4c(c3)OCCO4)nnc2-c2cccnc2)cc1. The van der Waals surface area contributed by atoms with Crippen LogP contribution in [0, 0.1) is 6.92 Å². The van der Waals surface area contributed by atoms with Gasteiger partial charge in [0.2, 0.25) is 5.91 Å². The average Bonchev–Trinajstić information content (AvgIpc) is 3.28. The molecule has 166 valence electrons. The minimum atomic E-state index is -0.155. The molecule has 0 saturated carbocycles. The highest BCUT2D eigenvalue weighted by Crippen LogP contribution is 2.33. The molecule has 1 aliphatic heterocycles. The van der Waals surface area contributed by atoms with Crippen LogP contribution in [-0.4, -0.2) is 44.6 Å². The summed E-state index contributed by atoms with van der Waals surface area (Å²) < 4.78 is 13.1. The molecule has 0 atom stereocenters. The molecule has 2 aromatic heterocycles. The van der Waals surface area contributed by atoms with Crippen LogP contribution in [0.3, 0.4) is 0 Å². The largest absolute Gasteiger partial charge is 0.486 e. The number of pyridine rings is 1. The quantitative estimate of drug-likeness (QED) is 0.433. The Labute approximate surface area is 195 Å². The highest BCUT2D eigenvalue weighted by atomic mass is 32.2. The first kappa shape index (κ1) is 21.0. The molecular weight excluding hydrogens is 438 g/mol. The lowest BCUT2D eigenvalue weighted by Gasteiger charge is -2.19. The molecule has 0 bridgehead atoms. The van der Waals surface area contributed by atoms with Gasteiger partial charge in [-0.2, -0.15) is 0 Å². The fourth-order valence-electron chi connectivity index (χ4n) is 3.42. The zero-order valence-electron chi connectivity index (χ0n) is 17.9. The Kier molecular flexibility index (Phi) is 5.95. The average molecular weight is 460 g/mol. The van der Waals surface area contributed by atoms with Crippen LogP contribution in [0.15, 0.2) is 72.1 Å². The number of aryl methyl sites for hydroxylation is 1. The Balaban J connectivity index is 1.35. The maximum absolute atomic E-state index is 12.7. The first-order valence-corrected chi connectivity index (χ1v) is 11.4. The van der Waals surface area contributed by atoms with Crippen LogP contribution in [-0.2, 0) is 4.79 Å². The molecule has 8 nitrogen and oxygen atoms in total. The van der Waals surface area contributed by atoms with Crippen molar-refractivity contribution in [3.8, 4) is 28.6 Å². The van der Waals surface area contributed by atoms with Crippen LogP contribution in [0.2, 0.25) is 0 Å².